The van der Waals surface area contributed by atoms with E-state index in [2.05, 4.69) is 15.3 Å². The molecule has 9 heteroatoms. The maximum atomic E-state index is 13.5. The van der Waals surface area contributed by atoms with Gasteiger partial charge in [-0.25, -0.2) is 14.1 Å². The van der Waals surface area contributed by atoms with Crippen molar-refractivity contribution in [2.45, 2.75) is 32.6 Å². The molecule has 0 radical (unpaired) electrons. The van der Waals surface area contributed by atoms with E-state index >= 15 is 0 Å². The number of pyridine rings is 1. The molecule has 5 aromatic rings. The van der Waals surface area contributed by atoms with Crippen molar-refractivity contribution in [2.24, 2.45) is 0 Å². The smallest absolute Gasteiger partial charge is 0.265 e. The first-order valence-corrected chi connectivity index (χ1v) is 11.6. The van der Waals surface area contributed by atoms with Crippen molar-refractivity contribution in [3.63, 3.8) is 0 Å². The van der Waals surface area contributed by atoms with Gasteiger partial charge in [-0.1, -0.05) is 11.3 Å². The predicted molar refractivity (Wildman–Crippen MR) is 134 cm³/mol. The highest BCUT2D eigenvalue weighted by molar-refractivity contribution is 5.83. The van der Waals surface area contributed by atoms with Crippen LogP contribution in [0.2, 0.25) is 0 Å². The minimum absolute atomic E-state index is 0.127. The van der Waals surface area contributed by atoms with Crippen molar-refractivity contribution in [3.05, 3.63) is 95.2 Å². The molecule has 0 amide bonds. The molecular formula is C27H23FN6O2. The molecule has 180 valence electrons. The van der Waals surface area contributed by atoms with Crippen molar-refractivity contribution < 1.29 is 9.18 Å². The Labute approximate surface area is 206 Å². The second-order valence-electron chi connectivity index (χ2n) is 8.54. The minimum Gasteiger partial charge on any atom is -0.300 e. The molecule has 36 heavy (non-hydrogen) atoms. The van der Waals surface area contributed by atoms with Gasteiger partial charge in [-0.2, -0.15) is 0 Å². The molecule has 0 aliphatic heterocycles. The molecule has 0 saturated carbocycles. The Morgan fingerprint density at radius 2 is 1.75 bits per heavy atom. The summed E-state index contributed by atoms with van der Waals surface area (Å²) in [4.78, 5) is 33.7. The molecule has 3 aromatic heterocycles. The summed E-state index contributed by atoms with van der Waals surface area (Å²) in [6, 6.07) is 14.8. The summed E-state index contributed by atoms with van der Waals surface area (Å²) in [5, 5.41) is 8.92. The molecule has 0 unspecified atom stereocenters. The fourth-order valence-corrected chi connectivity index (χ4v) is 4.09. The number of halogens is 1. The van der Waals surface area contributed by atoms with Gasteiger partial charge in [-0.3, -0.25) is 14.3 Å². The van der Waals surface area contributed by atoms with E-state index in [1.807, 2.05) is 24.3 Å². The number of aromatic nitrogens is 6. The Bertz CT molecular complexity index is 1590. The summed E-state index contributed by atoms with van der Waals surface area (Å²) in [5.74, 6) is 0.301. The number of carbonyl (C=O) groups excluding carboxylic acids is 1. The Balaban J connectivity index is 1.56. The van der Waals surface area contributed by atoms with E-state index in [0.717, 1.165) is 11.3 Å². The van der Waals surface area contributed by atoms with E-state index in [1.165, 1.54) is 16.7 Å². The van der Waals surface area contributed by atoms with Crippen LogP contribution in [-0.4, -0.2) is 35.3 Å². The minimum atomic E-state index is -0.381. The van der Waals surface area contributed by atoms with Crippen molar-refractivity contribution in [1.29, 1.82) is 0 Å². The van der Waals surface area contributed by atoms with Gasteiger partial charge in [0.15, 0.2) is 0 Å². The van der Waals surface area contributed by atoms with Crippen LogP contribution in [0.15, 0.2) is 78.0 Å². The Morgan fingerprint density at radius 3 is 2.50 bits per heavy atom. The van der Waals surface area contributed by atoms with Gasteiger partial charge in [0.25, 0.3) is 5.56 Å². The zero-order chi connectivity index (χ0) is 25.1. The third kappa shape index (κ3) is 4.81. The molecular weight excluding hydrogens is 459 g/mol. The molecule has 0 bridgehead atoms. The van der Waals surface area contributed by atoms with Crippen LogP contribution < -0.4 is 5.56 Å². The summed E-state index contributed by atoms with van der Waals surface area (Å²) < 4.78 is 16.7. The number of fused-ring (bicyclic) bond motifs is 1. The summed E-state index contributed by atoms with van der Waals surface area (Å²) in [6.07, 6.45) is 7.54. The van der Waals surface area contributed by atoms with Crippen LogP contribution in [0.3, 0.4) is 0 Å². The fourth-order valence-electron chi connectivity index (χ4n) is 4.09. The number of hydrogen-bond donors (Lipinski definition) is 0. The van der Waals surface area contributed by atoms with E-state index in [-0.39, 0.29) is 17.2 Å². The van der Waals surface area contributed by atoms with Crippen molar-refractivity contribution in [1.82, 2.24) is 29.5 Å². The normalized spacial score (nSPS) is 11.2. The molecule has 3 heterocycles. The van der Waals surface area contributed by atoms with Crippen molar-refractivity contribution in [3.8, 4) is 22.6 Å². The Morgan fingerprint density at radius 1 is 0.972 bits per heavy atom. The number of unbranched alkanes of at least 4 members (excludes halogenated alkanes) is 1. The van der Waals surface area contributed by atoms with Crippen LogP contribution in [0.25, 0.3) is 33.5 Å². The topological polar surface area (TPSA) is 95.6 Å². The summed E-state index contributed by atoms with van der Waals surface area (Å²) >= 11 is 0. The van der Waals surface area contributed by atoms with Crippen LogP contribution in [0.1, 0.15) is 32.0 Å². The number of carbonyl (C=O) groups is 1. The lowest BCUT2D eigenvalue weighted by atomic mass is 10.1. The number of benzene rings is 2. The quantitative estimate of drug-likeness (QED) is 0.303. The van der Waals surface area contributed by atoms with Crippen LogP contribution in [-0.2, 0) is 11.2 Å². The molecule has 0 atom stereocenters. The van der Waals surface area contributed by atoms with E-state index in [0.29, 0.717) is 53.8 Å². The second-order valence-corrected chi connectivity index (χ2v) is 8.54. The van der Waals surface area contributed by atoms with E-state index < -0.39 is 0 Å². The van der Waals surface area contributed by atoms with Gasteiger partial charge in [0, 0.05) is 30.8 Å². The Hall–Kier alpha value is -4.53. The number of hydrogen-bond acceptors (Lipinski definition) is 6. The highest BCUT2D eigenvalue weighted by Gasteiger charge is 2.15. The SMILES string of the molecule is CC(=O)CCCCc1nc2cc(-c3cn(-c4ccncc4)nn3)ccc2c(=O)n1-c1ccc(F)cc1. The maximum absolute atomic E-state index is 13.5. The maximum Gasteiger partial charge on any atom is 0.265 e. The van der Waals surface area contributed by atoms with Gasteiger partial charge in [0.2, 0.25) is 0 Å². The molecule has 2 aromatic carbocycles. The average molecular weight is 483 g/mol. The number of ketones is 1. The molecule has 0 aliphatic rings. The first-order valence-electron chi connectivity index (χ1n) is 11.6. The lowest BCUT2D eigenvalue weighted by Gasteiger charge is -2.14. The largest absolute Gasteiger partial charge is 0.300 e. The second kappa shape index (κ2) is 9.99. The van der Waals surface area contributed by atoms with Gasteiger partial charge in [-0.05, 0) is 68.3 Å². The lowest BCUT2D eigenvalue weighted by Crippen LogP contribution is -2.24. The number of rotatable bonds is 8. The van der Waals surface area contributed by atoms with Gasteiger partial charge in [-0.15, -0.1) is 5.10 Å². The van der Waals surface area contributed by atoms with Crippen LogP contribution in [0.5, 0.6) is 0 Å². The summed E-state index contributed by atoms with van der Waals surface area (Å²) in [7, 11) is 0. The zero-order valence-electron chi connectivity index (χ0n) is 19.6. The molecule has 0 saturated heterocycles. The van der Waals surface area contributed by atoms with Crippen molar-refractivity contribution >= 4 is 16.7 Å². The number of Topliss-reactive ketones (excluding diaryl/α,β-unsaturated/α-hetero) is 1. The van der Waals surface area contributed by atoms with Gasteiger partial charge >= 0.3 is 0 Å². The molecule has 0 fully saturated rings. The third-order valence-corrected chi connectivity index (χ3v) is 5.92. The van der Waals surface area contributed by atoms with Crippen LogP contribution in [0.4, 0.5) is 4.39 Å². The summed E-state index contributed by atoms with van der Waals surface area (Å²) in [6.45, 7) is 1.56. The van der Waals surface area contributed by atoms with Gasteiger partial charge < -0.3 is 4.79 Å². The number of nitrogens with zero attached hydrogens (tertiary/aromatic N) is 6. The summed E-state index contributed by atoms with van der Waals surface area (Å²) in [5.41, 5.74) is 3.09. The van der Waals surface area contributed by atoms with E-state index in [4.69, 9.17) is 4.98 Å². The molecule has 0 aliphatic carbocycles. The highest BCUT2D eigenvalue weighted by atomic mass is 19.1. The molecule has 5 rings (SSSR count). The van der Waals surface area contributed by atoms with Gasteiger partial charge in [0.05, 0.1) is 28.5 Å². The van der Waals surface area contributed by atoms with Crippen LogP contribution >= 0.6 is 0 Å². The van der Waals surface area contributed by atoms with Crippen LogP contribution in [0, 0.1) is 5.82 Å². The molecule has 0 spiro atoms. The monoisotopic (exact) mass is 482 g/mol. The fraction of sp³-hybridized carbons (Fsp3) is 0.185. The van der Waals surface area contributed by atoms with E-state index in [1.54, 1.807) is 48.4 Å². The predicted octanol–water partition coefficient (Wildman–Crippen LogP) is 4.47. The lowest BCUT2D eigenvalue weighted by molar-refractivity contribution is -0.117. The first-order chi connectivity index (χ1) is 17.5. The standard InChI is InChI=1S/C27H23FN6O2/c1-18(35)4-2-3-5-26-30-24-16-19(25-17-33(32-31-25)21-12-14-29-15-13-21)6-11-23(24)27(36)34(26)22-9-7-20(28)8-10-22/h6-17H,2-5H2,1H3. The van der Waals surface area contributed by atoms with Crippen molar-refractivity contribution in [2.75, 3.05) is 0 Å². The first kappa shape index (κ1) is 23.2. The van der Waals surface area contributed by atoms with Gasteiger partial charge in [0.1, 0.15) is 23.1 Å². The average Bonchev–Trinajstić information content (AvgIpc) is 3.38. The van der Waals surface area contributed by atoms with E-state index in [9.17, 15) is 14.0 Å². The third-order valence-electron chi connectivity index (χ3n) is 5.92. The zero-order valence-corrected chi connectivity index (χ0v) is 19.6. The Kier molecular flexibility index (Phi) is 6.44. The highest BCUT2D eigenvalue weighted by Crippen LogP contribution is 2.23. The molecule has 0 N–H and O–H groups in total. The molecule has 8 nitrogen and oxygen atoms in total. The number of aryl methyl sites for hydroxylation is 1.